The van der Waals surface area contributed by atoms with Gasteiger partial charge in [-0.05, 0) is 30.5 Å². The molecule has 94 valence electrons. The van der Waals surface area contributed by atoms with Crippen LogP contribution in [0, 0.1) is 13.8 Å². The molecule has 2 N–H and O–H groups in total. The van der Waals surface area contributed by atoms with Gasteiger partial charge in [0.15, 0.2) is 0 Å². The second kappa shape index (κ2) is 5.63. The molecular formula is C14H22N2O. The zero-order valence-corrected chi connectivity index (χ0v) is 10.8. The molecule has 1 unspecified atom stereocenters. The summed E-state index contributed by atoms with van der Waals surface area (Å²) in [5.74, 6) is 0. The fraction of sp³-hybridized carbons (Fsp3) is 0.571. The summed E-state index contributed by atoms with van der Waals surface area (Å²) >= 11 is 0. The van der Waals surface area contributed by atoms with Crippen LogP contribution in [0.15, 0.2) is 18.2 Å². The van der Waals surface area contributed by atoms with Crippen LogP contribution in [0.2, 0.25) is 0 Å². The smallest absolute Gasteiger partial charge is 0.0594 e. The summed E-state index contributed by atoms with van der Waals surface area (Å²) in [7, 11) is 0. The quantitative estimate of drug-likeness (QED) is 0.864. The summed E-state index contributed by atoms with van der Waals surface area (Å²) in [6.45, 7) is 8.62. The van der Waals surface area contributed by atoms with Crippen LogP contribution in [0.4, 0.5) is 0 Å². The minimum atomic E-state index is 0.333. The van der Waals surface area contributed by atoms with Crippen molar-refractivity contribution in [1.82, 2.24) is 4.90 Å². The number of morpholine rings is 1. The number of hydrogen-bond acceptors (Lipinski definition) is 3. The Morgan fingerprint density at radius 2 is 1.82 bits per heavy atom. The van der Waals surface area contributed by atoms with E-state index in [2.05, 4.69) is 36.9 Å². The first-order valence-corrected chi connectivity index (χ1v) is 6.32. The monoisotopic (exact) mass is 234 g/mol. The molecule has 1 atom stereocenters. The van der Waals surface area contributed by atoms with Crippen molar-refractivity contribution in [2.45, 2.75) is 19.9 Å². The normalized spacial score (nSPS) is 19.2. The van der Waals surface area contributed by atoms with E-state index in [1.807, 2.05) is 0 Å². The molecular weight excluding hydrogens is 212 g/mol. The number of nitrogens with zero attached hydrogens (tertiary/aromatic N) is 1. The van der Waals surface area contributed by atoms with E-state index in [0.29, 0.717) is 12.6 Å². The number of rotatable bonds is 3. The first-order valence-electron chi connectivity index (χ1n) is 6.32. The Bertz CT molecular complexity index is 352. The first kappa shape index (κ1) is 12.6. The van der Waals surface area contributed by atoms with Crippen molar-refractivity contribution in [1.29, 1.82) is 0 Å². The Morgan fingerprint density at radius 3 is 2.35 bits per heavy atom. The van der Waals surface area contributed by atoms with Gasteiger partial charge in [0.05, 0.1) is 13.2 Å². The number of aryl methyl sites for hydroxylation is 2. The lowest BCUT2D eigenvalue weighted by Crippen LogP contribution is -2.42. The van der Waals surface area contributed by atoms with Gasteiger partial charge in [-0.15, -0.1) is 0 Å². The average molecular weight is 234 g/mol. The summed E-state index contributed by atoms with van der Waals surface area (Å²) in [5.41, 5.74) is 10.1. The molecule has 0 spiro atoms. The lowest BCUT2D eigenvalue weighted by atomic mass is 9.95. The van der Waals surface area contributed by atoms with Crippen molar-refractivity contribution in [2.24, 2.45) is 5.73 Å². The predicted molar refractivity (Wildman–Crippen MR) is 70.1 cm³/mol. The molecule has 2 rings (SSSR count). The van der Waals surface area contributed by atoms with Gasteiger partial charge in [-0.1, -0.05) is 18.2 Å². The number of benzene rings is 1. The van der Waals surface area contributed by atoms with E-state index in [-0.39, 0.29) is 0 Å². The topological polar surface area (TPSA) is 38.5 Å². The lowest BCUT2D eigenvalue weighted by Gasteiger charge is -2.35. The van der Waals surface area contributed by atoms with Crippen molar-refractivity contribution < 1.29 is 4.74 Å². The molecule has 1 aromatic carbocycles. The molecule has 0 amide bonds. The molecule has 1 saturated heterocycles. The van der Waals surface area contributed by atoms with E-state index in [0.717, 1.165) is 26.3 Å². The fourth-order valence-corrected chi connectivity index (χ4v) is 2.69. The highest BCUT2D eigenvalue weighted by atomic mass is 16.5. The van der Waals surface area contributed by atoms with Crippen molar-refractivity contribution in [2.75, 3.05) is 32.8 Å². The third kappa shape index (κ3) is 2.68. The predicted octanol–water partition coefficient (Wildman–Crippen LogP) is 1.64. The summed E-state index contributed by atoms with van der Waals surface area (Å²) in [6, 6.07) is 6.79. The molecule has 17 heavy (non-hydrogen) atoms. The SMILES string of the molecule is Cc1cccc(C)c1C(CN)N1CCOCC1. The van der Waals surface area contributed by atoms with Crippen molar-refractivity contribution in [3.05, 3.63) is 34.9 Å². The maximum atomic E-state index is 5.99. The van der Waals surface area contributed by atoms with Crippen molar-refractivity contribution in [3.63, 3.8) is 0 Å². The minimum Gasteiger partial charge on any atom is -0.379 e. The van der Waals surface area contributed by atoms with Gasteiger partial charge in [0.25, 0.3) is 0 Å². The Labute approximate surface area is 104 Å². The molecule has 0 bridgehead atoms. The zero-order chi connectivity index (χ0) is 12.3. The van der Waals surface area contributed by atoms with Crippen LogP contribution in [0.1, 0.15) is 22.7 Å². The van der Waals surface area contributed by atoms with Gasteiger partial charge in [0.1, 0.15) is 0 Å². The molecule has 0 aliphatic carbocycles. The molecule has 1 fully saturated rings. The molecule has 3 nitrogen and oxygen atoms in total. The Balaban J connectivity index is 2.27. The van der Waals surface area contributed by atoms with E-state index in [1.54, 1.807) is 0 Å². The minimum absolute atomic E-state index is 0.333. The lowest BCUT2D eigenvalue weighted by molar-refractivity contribution is 0.0176. The molecule has 0 aromatic heterocycles. The van der Waals surface area contributed by atoms with Crippen LogP contribution >= 0.6 is 0 Å². The van der Waals surface area contributed by atoms with Crippen LogP contribution in [0.25, 0.3) is 0 Å². The van der Waals surface area contributed by atoms with E-state index < -0.39 is 0 Å². The van der Waals surface area contributed by atoms with Crippen LogP contribution in [-0.2, 0) is 4.74 Å². The molecule has 1 heterocycles. The van der Waals surface area contributed by atoms with Gasteiger partial charge in [0, 0.05) is 25.7 Å². The second-order valence-electron chi connectivity index (χ2n) is 4.71. The zero-order valence-electron chi connectivity index (χ0n) is 10.8. The van der Waals surface area contributed by atoms with Crippen LogP contribution in [0.3, 0.4) is 0 Å². The van der Waals surface area contributed by atoms with E-state index >= 15 is 0 Å². The summed E-state index contributed by atoms with van der Waals surface area (Å²) < 4.78 is 5.41. The third-order valence-electron chi connectivity index (χ3n) is 3.59. The standard InChI is InChI=1S/C14H22N2O/c1-11-4-3-5-12(2)14(11)13(10-15)16-6-8-17-9-7-16/h3-5,13H,6-10,15H2,1-2H3. The van der Waals surface area contributed by atoms with E-state index in [4.69, 9.17) is 10.5 Å². The molecule has 0 saturated carbocycles. The first-order chi connectivity index (χ1) is 8.24. The highest BCUT2D eigenvalue weighted by Gasteiger charge is 2.23. The van der Waals surface area contributed by atoms with Crippen LogP contribution in [-0.4, -0.2) is 37.7 Å². The largest absolute Gasteiger partial charge is 0.379 e. The van der Waals surface area contributed by atoms with Gasteiger partial charge < -0.3 is 10.5 Å². The molecule has 0 radical (unpaired) electrons. The number of hydrogen-bond donors (Lipinski definition) is 1. The highest BCUT2D eigenvalue weighted by molar-refractivity contribution is 5.36. The Kier molecular flexibility index (Phi) is 4.15. The Morgan fingerprint density at radius 1 is 1.24 bits per heavy atom. The van der Waals surface area contributed by atoms with Crippen molar-refractivity contribution >= 4 is 0 Å². The average Bonchev–Trinajstić information content (AvgIpc) is 2.35. The van der Waals surface area contributed by atoms with Gasteiger partial charge in [-0.25, -0.2) is 0 Å². The summed E-state index contributed by atoms with van der Waals surface area (Å²) in [6.07, 6.45) is 0. The molecule has 1 aliphatic rings. The van der Waals surface area contributed by atoms with E-state index in [1.165, 1.54) is 16.7 Å². The summed E-state index contributed by atoms with van der Waals surface area (Å²) in [4.78, 5) is 2.44. The second-order valence-corrected chi connectivity index (χ2v) is 4.71. The summed E-state index contributed by atoms with van der Waals surface area (Å²) in [5, 5.41) is 0. The third-order valence-corrected chi connectivity index (χ3v) is 3.59. The van der Waals surface area contributed by atoms with E-state index in [9.17, 15) is 0 Å². The maximum absolute atomic E-state index is 5.99. The van der Waals surface area contributed by atoms with Gasteiger partial charge >= 0.3 is 0 Å². The van der Waals surface area contributed by atoms with Crippen LogP contribution in [0.5, 0.6) is 0 Å². The Hall–Kier alpha value is -0.900. The van der Waals surface area contributed by atoms with Gasteiger partial charge in [-0.3, -0.25) is 4.90 Å². The fourth-order valence-electron chi connectivity index (χ4n) is 2.69. The molecule has 1 aromatic rings. The maximum Gasteiger partial charge on any atom is 0.0594 e. The van der Waals surface area contributed by atoms with Gasteiger partial charge in [0.2, 0.25) is 0 Å². The number of nitrogens with two attached hydrogens (primary N) is 1. The van der Waals surface area contributed by atoms with Crippen LogP contribution < -0.4 is 5.73 Å². The highest BCUT2D eigenvalue weighted by Crippen LogP contribution is 2.26. The molecule has 1 aliphatic heterocycles. The number of ether oxygens (including phenoxy) is 1. The van der Waals surface area contributed by atoms with Gasteiger partial charge in [-0.2, -0.15) is 0 Å². The molecule has 3 heteroatoms. The van der Waals surface area contributed by atoms with Crippen molar-refractivity contribution in [3.8, 4) is 0 Å².